The maximum atomic E-state index is 6.19. The Bertz CT molecular complexity index is 678. The highest BCUT2D eigenvalue weighted by Crippen LogP contribution is 2.69. The third-order valence-corrected chi connectivity index (χ3v) is 10.8. The molecule has 180 valence electrons. The minimum absolute atomic E-state index is 0. The van der Waals surface area contributed by atoms with Gasteiger partial charge in [0.2, 0.25) is 0 Å². The van der Waals surface area contributed by atoms with Crippen molar-refractivity contribution in [1.29, 1.82) is 0 Å². The second kappa shape index (κ2) is 8.44. The van der Waals surface area contributed by atoms with E-state index in [1.54, 1.807) is 0 Å². The van der Waals surface area contributed by atoms with Crippen LogP contribution in [0.5, 0.6) is 0 Å². The molecule has 4 unspecified atom stereocenters. The van der Waals surface area contributed by atoms with Crippen molar-refractivity contribution in [1.82, 2.24) is 0 Å². The minimum Gasteiger partial charge on any atom is -0.381 e. The van der Waals surface area contributed by atoms with Crippen LogP contribution >= 0.6 is 0 Å². The van der Waals surface area contributed by atoms with E-state index in [-0.39, 0.29) is 8.64 Å². The van der Waals surface area contributed by atoms with Gasteiger partial charge < -0.3 is 14.2 Å². The number of rotatable bonds is 5. The molecule has 1 heterocycles. The van der Waals surface area contributed by atoms with Gasteiger partial charge in [0, 0.05) is 22.8 Å². The molecule has 0 aromatic heterocycles. The molecule has 0 aromatic carbocycles. The molecular formula is C28H50O3. The molecule has 0 bridgehead atoms. The van der Waals surface area contributed by atoms with E-state index >= 15 is 0 Å². The molecule has 0 radical (unpaired) electrons. The zero-order chi connectivity index (χ0) is 21.7. The number of unbranched alkanes of at least 4 members (excludes halogenated alkanes) is 1. The van der Waals surface area contributed by atoms with Crippen LogP contribution in [0.15, 0.2) is 12.2 Å². The van der Waals surface area contributed by atoms with E-state index in [2.05, 4.69) is 32.9 Å². The van der Waals surface area contributed by atoms with E-state index < -0.39 is 0 Å². The summed E-state index contributed by atoms with van der Waals surface area (Å²) in [6.07, 6.45) is 19.5. The minimum atomic E-state index is -0.245. The van der Waals surface area contributed by atoms with E-state index in [1.807, 2.05) is 7.11 Å². The molecule has 4 saturated carbocycles. The van der Waals surface area contributed by atoms with Crippen LogP contribution in [0.3, 0.4) is 0 Å². The molecule has 5 fully saturated rings. The van der Waals surface area contributed by atoms with Crippen LogP contribution in [0.25, 0.3) is 0 Å². The Kier molecular flexibility index (Phi) is 6.10. The highest BCUT2D eigenvalue weighted by atomic mass is 16.7. The Hall–Kier alpha value is -0.380. The largest absolute Gasteiger partial charge is 0.381 e. The molecule has 3 nitrogen and oxygen atoms in total. The van der Waals surface area contributed by atoms with Crippen molar-refractivity contribution in [3.63, 3.8) is 0 Å². The molecule has 1 saturated heterocycles. The Morgan fingerprint density at radius 1 is 0.968 bits per heavy atom. The van der Waals surface area contributed by atoms with Gasteiger partial charge in [0.05, 0.1) is 19.3 Å². The maximum Gasteiger partial charge on any atom is 0.168 e. The summed E-state index contributed by atoms with van der Waals surface area (Å²) in [5, 5.41) is 0. The van der Waals surface area contributed by atoms with E-state index in [1.165, 1.54) is 57.8 Å². The summed E-state index contributed by atoms with van der Waals surface area (Å²) in [4.78, 5) is 0. The average Bonchev–Trinajstić information content (AvgIpc) is 3.35. The molecular weight excluding hydrogens is 384 g/mol. The predicted octanol–water partition coefficient (Wildman–Crippen LogP) is 7.25. The first-order valence-corrected chi connectivity index (χ1v) is 13.4. The first-order valence-electron chi connectivity index (χ1n) is 13.4. The van der Waals surface area contributed by atoms with E-state index in [9.17, 15) is 0 Å². The lowest BCUT2D eigenvalue weighted by Crippen LogP contribution is -2.59. The summed E-state index contributed by atoms with van der Waals surface area (Å²) in [5.74, 6) is 3.89. The summed E-state index contributed by atoms with van der Waals surface area (Å²) in [5.41, 5.74) is 0.815. The number of methoxy groups -OCH3 is 1. The van der Waals surface area contributed by atoms with Crippen molar-refractivity contribution >= 4 is 0 Å². The lowest BCUT2D eigenvalue weighted by atomic mass is 9.42. The standard InChI is InChI=1S/C28H46O3.2H2/c1-5-6-7-8-9-20-18-27(3)23(12-13-24(27)29-4)22-11-10-21-19-28(30-16-17-31-28)15-14-26(21,2)25(20)22;;/h7-8,20-25H,5-6,9-19H2,1-4H3;2*1H/b8-7+;;/t20-,21?,22?,23?,24?,25-,26-,27-;;/m0../s1. The fourth-order valence-electron chi connectivity index (χ4n) is 9.49. The normalized spacial score (nSPS) is 48.6. The highest BCUT2D eigenvalue weighted by molar-refractivity contribution is 5.13. The molecule has 0 amide bonds. The molecule has 1 aliphatic heterocycles. The van der Waals surface area contributed by atoms with Crippen LogP contribution < -0.4 is 0 Å². The second-order valence-electron chi connectivity index (χ2n) is 12.2. The van der Waals surface area contributed by atoms with E-state index in [0.717, 1.165) is 55.6 Å². The summed E-state index contributed by atoms with van der Waals surface area (Å²) in [7, 11) is 1.96. The van der Waals surface area contributed by atoms with Gasteiger partial charge in [-0.3, -0.25) is 0 Å². The molecule has 1 spiro atoms. The van der Waals surface area contributed by atoms with Gasteiger partial charge in [-0.2, -0.15) is 0 Å². The topological polar surface area (TPSA) is 27.7 Å². The molecule has 5 aliphatic rings. The van der Waals surface area contributed by atoms with E-state index in [4.69, 9.17) is 14.2 Å². The summed E-state index contributed by atoms with van der Waals surface area (Å²) >= 11 is 0. The molecule has 0 N–H and O–H groups in total. The lowest BCUT2D eigenvalue weighted by Gasteiger charge is -2.64. The van der Waals surface area contributed by atoms with Crippen molar-refractivity contribution in [2.24, 2.45) is 40.4 Å². The number of allylic oxidation sites excluding steroid dienone is 2. The van der Waals surface area contributed by atoms with Crippen LogP contribution in [0.1, 0.15) is 94.3 Å². The fourth-order valence-corrected chi connectivity index (χ4v) is 9.49. The van der Waals surface area contributed by atoms with Crippen LogP contribution in [0.2, 0.25) is 0 Å². The third kappa shape index (κ3) is 3.56. The SMILES string of the molecule is CCC/C=C/C[C@H]1C[C@]2(C)C(OC)CCC2C2CCC3CC4(CC[C@]3(C)[C@H]21)OCCO4.[HH].[HH]. The Morgan fingerprint density at radius 3 is 2.52 bits per heavy atom. The van der Waals surface area contributed by atoms with Crippen LogP contribution in [-0.2, 0) is 14.2 Å². The highest BCUT2D eigenvalue weighted by Gasteiger charge is 2.64. The summed E-state index contributed by atoms with van der Waals surface area (Å²) in [6.45, 7) is 9.12. The van der Waals surface area contributed by atoms with Gasteiger partial charge in [-0.15, -0.1) is 0 Å². The third-order valence-electron chi connectivity index (χ3n) is 10.8. The van der Waals surface area contributed by atoms with Gasteiger partial charge >= 0.3 is 0 Å². The van der Waals surface area contributed by atoms with Crippen molar-refractivity contribution in [2.75, 3.05) is 20.3 Å². The number of fused-ring (bicyclic) bond motifs is 5. The Balaban J connectivity index is 0.00000153. The maximum absolute atomic E-state index is 6.19. The quantitative estimate of drug-likeness (QED) is 0.426. The zero-order valence-electron chi connectivity index (χ0n) is 20.5. The van der Waals surface area contributed by atoms with Crippen molar-refractivity contribution in [2.45, 2.75) is 103 Å². The zero-order valence-corrected chi connectivity index (χ0v) is 20.5. The molecule has 8 atom stereocenters. The lowest BCUT2D eigenvalue weighted by molar-refractivity contribution is -0.237. The number of hydrogen-bond acceptors (Lipinski definition) is 3. The molecule has 31 heavy (non-hydrogen) atoms. The van der Waals surface area contributed by atoms with Crippen molar-refractivity contribution in [3.8, 4) is 0 Å². The van der Waals surface area contributed by atoms with Gasteiger partial charge in [-0.1, -0.05) is 39.3 Å². The van der Waals surface area contributed by atoms with Crippen LogP contribution in [0.4, 0.5) is 0 Å². The molecule has 0 aromatic rings. The van der Waals surface area contributed by atoms with Crippen molar-refractivity contribution < 1.29 is 17.1 Å². The van der Waals surface area contributed by atoms with Crippen LogP contribution in [-0.4, -0.2) is 32.2 Å². The molecule has 4 aliphatic carbocycles. The van der Waals surface area contributed by atoms with Gasteiger partial charge in [0.25, 0.3) is 0 Å². The predicted molar refractivity (Wildman–Crippen MR) is 129 cm³/mol. The second-order valence-corrected chi connectivity index (χ2v) is 12.2. The van der Waals surface area contributed by atoms with E-state index in [0.29, 0.717) is 16.9 Å². The Morgan fingerprint density at radius 2 is 1.77 bits per heavy atom. The fraction of sp³-hybridized carbons (Fsp3) is 0.929. The monoisotopic (exact) mass is 434 g/mol. The van der Waals surface area contributed by atoms with Gasteiger partial charge in [0.15, 0.2) is 5.79 Å². The summed E-state index contributed by atoms with van der Waals surface area (Å²) in [6, 6.07) is 0. The number of ether oxygens (including phenoxy) is 3. The molecule has 3 heteroatoms. The van der Waals surface area contributed by atoms with Gasteiger partial charge in [-0.05, 0) is 91.8 Å². The van der Waals surface area contributed by atoms with Gasteiger partial charge in [0.1, 0.15) is 0 Å². The number of hydrogen-bond donors (Lipinski definition) is 0. The summed E-state index contributed by atoms with van der Waals surface area (Å²) < 4.78 is 18.5. The van der Waals surface area contributed by atoms with Crippen LogP contribution in [0, 0.1) is 40.4 Å². The van der Waals surface area contributed by atoms with Crippen molar-refractivity contribution in [3.05, 3.63) is 12.2 Å². The first kappa shape index (κ1) is 22.4. The van der Waals surface area contributed by atoms with Gasteiger partial charge in [-0.25, -0.2) is 0 Å². The molecule has 5 rings (SSSR count). The average molecular weight is 435 g/mol. The smallest absolute Gasteiger partial charge is 0.168 e. The Labute approximate surface area is 193 Å². The first-order chi connectivity index (χ1) is 15.0.